The fourth-order valence-electron chi connectivity index (χ4n) is 0. The van der Waals surface area contributed by atoms with Gasteiger partial charge in [-0.2, -0.15) is 9.90 Å². The van der Waals surface area contributed by atoms with Gasteiger partial charge in [-0.25, -0.2) is 0 Å². The third kappa shape index (κ3) is 148. The van der Waals surface area contributed by atoms with Crippen LogP contribution in [0.15, 0.2) is 0 Å². The number of rotatable bonds is 0. The Balaban J connectivity index is -0.0000000800. The number of hydrogen-bond donors (Lipinski definition) is 4. The number of hydrogen-bond acceptors (Lipinski definition) is 4. The molecule has 0 saturated heterocycles. The van der Waals surface area contributed by atoms with Gasteiger partial charge in [-0.3, -0.25) is 0 Å². The molecule has 7 heteroatoms. The maximum absolute atomic E-state index is 7.33. The van der Waals surface area contributed by atoms with E-state index in [1.165, 1.54) is 0 Å². The molecule has 0 amide bonds. The Morgan fingerprint density at radius 2 is 0.857 bits per heavy atom. The first-order valence-electron chi connectivity index (χ1n) is 0.894. The van der Waals surface area contributed by atoms with E-state index in [0.29, 0.717) is 0 Å². The molecule has 0 rings (SSSR count). The van der Waals surface area contributed by atoms with Crippen LogP contribution in [0.3, 0.4) is 0 Å². The van der Waals surface area contributed by atoms with Crippen molar-refractivity contribution in [2.75, 3.05) is 0 Å². The third-order valence-corrected chi connectivity index (χ3v) is 0. The molecule has 0 aromatic carbocycles. The molecule has 0 saturated carbocycles. The molecule has 4 nitrogen and oxygen atoms in total. The van der Waals surface area contributed by atoms with E-state index in [1.807, 2.05) is 0 Å². The topological polar surface area (TPSA) is 80.9 Å². The average Bonchev–Trinajstić information content (AvgIpc) is 0.722. The van der Waals surface area contributed by atoms with Crippen molar-refractivity contribution in [1.29, 1.82) is 0 Å². The Morgan fingerprint density at radius 1 is 0.857 bits per heavy atom. The Kier molecular flexibility index (Phi) is 11.8. The van der Waals surface area contributed by atoms with E-state index < -0.39 is 9.05 Å². The van der Waals surface area contributed by atoms with Crippen LogP contribution in [0.4, 0.5) is 0 Å². The van der Waals surface area contributed by atoms with Crippen molar-refractivity contribution in [1.82, 2.24) is 0 Å². The van der Waals surface area contributed by atoms with E-state index in [4.69, 9.17) is 19.2 Å². The second-order valence-electron chi connectivity index (χ2n) is 0.600. The Labute approximate surface area is 58.4 Å². The van der Waals surface area contributed by atoms with Crippen LogP contribution in [0.1, 0.15) is 0 Å². The van der Waals surface area contributed by atoms with Gasteiger partial charge >= 0.3 is 28.8 Å². The summed E-state index contributed by atoms with van der Waals surface area (Å²) in [7, 11) is -4.61. The predicted molar refractivity (Wildman–Crippen MR) is 35.7 cm³/mol. The third-order valence-electron chi connectivity index (χ3n) is 0. The van der Waals surface area contributed by atoms with Gasteiger partial charge in [-0.1, -0.05) is 0 Å². The molecule has 1 unspecified atom stereocenters. The van der Waals surface area contributed by atoms with Gasteiger partial charge < -0.3 is 19.2 Å². The molecule has 0 bridgehead atoms. The molecule has 0 radical (unpaired) electrons. The van der Waals surface area contributed by atoms with E-state index in [-0.39, 0.29) is 29.7 Å². The van der Waals surface area contributed by atoms with Gasteiger partial charge in [0.25, 0.3) is 0 Å². The maximum atomic E-state index is 7.33. The molecule has 4 N–H and O–H groups in total. The van der Waals surface area contributed by atoms with Crippen molar-refractivity contribution in [3.8, 4) is 0 Å². The van der Waals surface area contributed by atoms with Crippen molar-refractivity contribution in [3.63, 3.8) is 0 Å². The van der Waals surface area contributed by atoms with Crippen molar-refractivity contribution in [2.24, 2.45) is 0 Å². The Bertz CT molecular complexity index is 27.2. The molecule has 0 heterocycles. The van der Waals surface area contributed by atoms with Gasteiger partial charge in [0.1, 0.15) is 0 Å². The molecule has 0 fully saturated rings. The summed E-state index contributed by atoms with van der Waals surface area (Å²) in [6, 6.07) is 0. The van der Waals surface area contributed by atoms with Gasteiger partial charge in [0, 0.05) is 0 Å². The molecular weight excluding hydrogens is 193 g/mol. The molecule has 0 aromatic rings. The van der Waals surface area contributed by atoms with Crippen LogP contribution in [-0.2, 0) is 0 Å². The van der Waals surface area contributed by atoms with Gasteiger partial charge in [-0.15, -0.1) is 0 Å². The molecule has 1 atom stereocenters. The first kappa shape index (κ1) is 15.7. The van der Waals surface area contributed by atoms with Crippen LogP contribution in [0.5, 0.6) is 0 Å². The second-order valence-corrected chi connectivity index (χ2v) is 1.80. The van der Waals surface area contributed by atoms with Gasteiger partial charge in [0.05, 0.1) is 0 Å². The van der Waals surface area contributed by atoms with Crippen LogP contribution in [-0.4, -0.2) is 48.0 Å². The van der Waals surface area contributed by atoms with Gasteiger partial charge in [0.2, 0.25) is 0 Å². The summed E-state index contributed by atoms with van der Waals surface area (Å²) >= 11 is 0. The Morgan fingerprint density at radius 3 is 0.857 bits per heavy atom. The quantitative estimate of drug-likeness (QED) is 0.241. The van der Waals surface area contributed by atoms with Crippen molar-refractivity contribution >= 4 is 38.7 Å². The fourth-order valence-corrected chi connectivity index (χ4v) is 0. The zero-order valence-electron chi connectivity index (χ0n) is 3.00. The van der Waals surface area contributed by atoms with E-state index in [9.17, 15) is 0 Å². The SMILES string of the molecule is O[Si](O)(O)O.P.[GaH3]. The molecule has 0 aliphatic carbocycles. The van der Waals surface area contributed by atoms with Gasteiger partial charge in [-0.05, 0) is 0 Å². The van der Waals surface area contributed by atoms with E-state index in [1.54, 1.807) is 0 Å². The summed E-state index contributed by atoms with van der Waals surface area (Å²) in [5.74, 6) is 0. The second kappa shape index (κ2) is 5.26. The van der Waals surface area contributed by atoms with Crippen molar-refractivity contribution < 1.29 is 19.2 Å². The van der Waals surface area contributed by atoms with E-state index in [0.717, 1.165) is 0 Å². The first-order valence-corrected chi connectivity index (χ1v) is 2.68. The molecular formula is H10GaO4PSi. The molecule has 0 spiro atoms. The first-order chi connectivity index (χ1) is 2.00. The molecule has 7 heavy (non-hydrogen) atoms. The van der Waals surface area contributed by atoms with Crippen molar-refractivity contribution in [2.45, 2.75) is 0 Å². The van der Waals surface area contributed by atoms with Crippen LogP contribution < -0.4 is 0 Å². The van der Waals surface area contributed by atoms with Crippen LogP contribution in [0.25, 0.3) is 0 Å². The van der Waals surface area contributed by atoms with E-state index in [2.05, 4.69) is 0 Å². The standard InChI is InChI=1S/Ga.H4O4Si.H3P.3H/c;1-5(2,3)4;;;;/h;1-4H;1H3;;;. The summed E-state index contributed by atoms with van der Waals surface area (Å²) < 4.78 is 0. The summed E-state index contributed by atoms with van der Waals surface area (Å²) in [6.07, 6.45) is 0. The Hall–Kier alpha value is 1.12. The fraction of sp³-hybridized carbons (Fsp3) is 0. The molecule has 46 valence electrons. The summed E-state index contributed by atoms with van der Waals surface area (Å²) in [6.45, 7) is 0. The van der Waals surface area contributed by atoms with E-state index >= 15 is 0 Å². The monoisotopic (exact) mass is 202 g/mol. The summed E-state index contributed by atoms with van der Waals surface area (Å²) in [5, 5.41) is 0. The summed E-state index contributed by atoms with van der Waals surface area (Å²) in [5.41, 5.74) is 0. The average molecular weight is 203 g/mol. The van der Waals surface area contributed by atoms with Crippen LogP contribution in [0, 0.1) is 0 Å². The van der Waals surface area contributed by atoms with Gasteiger partial charge in [0.15, 0.2) is 0 Å². The zero-order chi connectivity index (χ0) is 4.50. The molecule has 0 aliphatic heterocycles. The van der Waals surface area contributed by atoms with Crippen LogP contribution in [0.2, 0.25) is 0 Å². The normalized spacial score (nSPS) is 8.57. The zero-order valence-corrected chi connectivity index (χ0v) is 5.41. The minimum atomic E-state index is -4.61. The van der Waals surface area contributed by atoms with Crippen LogP contribution >= 0.6 is 9.90 Å². The molecule has 0 aliphatic rings. The summed E-state index contributed by atoms with van der Waals surface area (Å²) in [4.78, 5) is 29.3. The molecule has 0 aromatic heterocycles. The minimum absolute atomic E-state index is 0. The predicted octanol–water partition coefficient (Wildman–Crippen LogP) is -3.73. The van der Waals surface area contributed by atoms with Crippen molar-refractivity contribution in [3.05, 3.63) is 0 Å².